The van der Waals surface area contributed by atoms with Crippen LogP contribution in [0.3, 0.4) is 0 Å². The Morgan fingerprint density at radius 2 is 2.31 bits per heavy atom. The van der Waals surface area contributed by atoms with E-state index in [-0.39, 0.29) is 0 Å². The molecule has 0 unspecified atom stereocenters. The van der Waals surface area contributed by atoms with E-state index in [1.807, 2.05) is 36.7 Å². The molecule has 84 valence electrons. The van der Waals surface area contributed by atoms with E-state index in [0.29, 0.717) is 0 Å². The Morgan fingerprint density at radius 3 is 3.00 bits per heavy atom. The van der Waals surface area contributed by atoms with Gasteiger partial charge in [-0.3, -0.25) is 0 Å². The topological polar surface area (TPSA) is 34.1 Å². The van der Waals surface area contributed by atoms with Crippen molar-refractivity contribution in [2.75, 3.05) is 12.4 Å². The molecule has 1 aromatic heterocycles. The lowest BCUT2D eigenvalue weighted by Gasteiger charge is -2.07. The molecule has 0 spiro atoms. The fourth-order valence-corrected chi connectivity index (χ4v) is 2.13. The van der Waals surface area contributed by atoms with Crippen molar-refractivity contribution in [3.63, 3.8) is 0 Å². The quantitative estimate of drug-likeness (QED) is 0.882. The lowest BCUT2D eigenvalue weighted by atomic mass is 10.3. The summed E-state index contributed by atoms with van der Waals surface area (Å²) < 4.78 is 5.17. The van der Waals surface area contributed by atoms with Crippen molar-refractivity contribution in [2.45, 2.75) is 13.5 Å². The second-order valence-electron chi connectivity index (χ2n) is 3.45. The first kappa shape index (κ1) is 11.0. The van der Waals surface area contributed by atoms with Crippen LogP contribution in [-0.2, 0) is 6.54 Å². The van der Waals surface area contributed by atoms with Crippen LogP contribution in [0.2, 0.25) is 0 Å². The predicted octanol–water partition coefficient (Wildman–Crippen LogP) is 3.07. The van der Waals surface area contributed by atoms with Gasteiger partial charge in [0.2, 0.25) is 0 Å². The van der Waals surface area contributed by atoms with E-state index in [9.17, 15) is 0 Å². The highest BCUT2D eigenvalue weighted by Crippen LogP contribution is 2.19. The summed E-state index contributed by atoms with van der Waals surface area (Å²) in [4.78, 5) is 5.48. The highest BCUT2D eigenvalue weighted by Gasteiger charge is 2.01. The molecular formula is C12H14N2OS. The molecular weight excluding hydrogens is 220 g/mol. The van der Waals surface area contributed by atoms with E-state index in [1.165, 1.54) is 4.88 Å². The maximum atomic E-state index is 5.17. The van der Waals surface area contributed by atoms with Gasteiger partial charge in [-0.1, -0.05) is 6.07 Å². The van der Waals surface area contributed by atoms with Gasteiger partial charge in [-0.25, -0.2) is 4.98 Å². The largest absolute Gasteiger partial charge is 0.497 e. The van der Waals surface area contributed by atoms with Gasteiger partial charge in [0, 0.05) is 16.6 Å². The van der Waals surface area contributed by atoms with Crippen molar-refractivity contribution in [3.8, 4) is 5.75 Å². The standard InChI is InChI=1S/C12H14N2OS/c1-9-12(16-8-14-9)7-13-10-4-3-5-11(6-10)15-2/h3-6,8,13H,7H2,1-2H3. The zero-order valence-corrected chi connectivity index (χ0v) is 10.2. The van der Waals surface area contributed by atoms with E-state index in [2.05, 4.69) is 10.3 Å². The number of aryl methyl sites for hydroxylation is 1. The first-order valence-corrected chi connectivity index (χ1v) is 5.94. The van der Waals surface area contributed by atoms with Crippen LogP contribution in [0.5, 0.6) is 5.75 Å². The van der Waals surface area contributed by atoms with Gasteiger partial charge < -0.3 is 10.1 Å². The van der Waals surface area contributed by atoms with E-state index >= 15 is 0 Å². The predicted molar refractivity (Wildman–Crippen MR) is 67.2 cm³/mol. The zero-order valence-electron chi connectivity index (χ0n) is 9.36. The number of hydrogen-bond donors (Lipinski definition) is 1. The van der Waals surface area contributed by atoms with Crippen LogP contribution in [0.25, 0.3) is 0 Å². The van der Waals surface area contributed by atoms with Crippen molar-refractivity contribution in [2.24, 2.45) is 0 Å². The third kappa shape index (κ3) is 2.52. The van der Waals surface area contributed by atoms with Crippen molar-refractivity contribution in [1.82, 2.24) is 4.98 Å². The van der Waals surface area contributed by atoms with Gasteiger partial charge in [-0.2, -0.15) is 0 Å². The summed E-state index contributed by atoms with van der Waals surface area (Å²) in [6.07, 6.45) is 0. The maximum absolute atomic E-state index is 5.17. The first-order valence-electron chi connectivity index (χ1n) is 5.06. The minimum absolute atomic E-state index is 0.809. The Balaban J connectivity index is 2.02. The molecule has 0 amide bonds. The van der Waals surface area contributed by atoms with Crippen LogP contribution < -0.4 is 10.1 Å². The van der Waals surface area contributed by atoms with E-state index < -0.39 is 0 Å². The summed E-state index contributed by atoms with van der Waals surface area (Å²) in [6.45, 7) is 2.84. The molecule has 0 saturated heterocycles. The Labute approximate surface area is 99.1 Å². The van der Waals surface area contributed by atoms with Crippen molar-refractivity contribution < 1.29 is 4.74 Å². The van der Waals surface area contributed by atoms with E-state index in [4.69, 9.17) is 4.74 Å². The lowest BCUT2D eigenvalue weighted by Crippen LogP contribution is -1.99. The Morgan fingerprint density at radius 1 is 1.44 bits per heavy atom. The summed E-state index contributed by atoms with van der Waals surface area (Å²) >= 11 is 1.67. The van der Waals surface area contributed by atoms with Gasteiger partial charge in [0.25, 0.3) is 0 Å². The zero-order chi connectivity index (χ0) is 11.4. The van der Waals surface area contributed by atoms with Crippen molar-refractivity contribution in [1.29, 1.82) is 0 Å². The van der Waals surface area contributed by atoms with Crippen LogP contribution in [0.4, 0.5) is 5.69 Å². The Kier molecular flexibility index (Phi) is 3.41. The third-order valence-electron chi connectivity index (χ3n) is 2.37. The van der Waals surface area contributed by atoms with E-state index in [1.54, 1.807) is 18.4 Å². The first-order chi connectivity index (χ1) is 7.79. The number of ether oxygens (including phenoxy) is 1. The van der Waals surface area contributed by atoms with Crippen LogP contribution in [0.1, 0.15) is 10.6 Å². The van der Waals surface area contributed by atoms with Gasteiger partial charge in [0.05, 0.1) is 24.9 Å². The Bertz CT molecular complexity index is 468. The molecule has 1 heterocycles. The smallest absolute Gasteiger partial charge is 0.120 e. The van der Waals surface area contributed by atoms with Crippen LogP contribution in [-0.4, -0.2) is 12.1 Å². The molecule has 3 nitrogen and oxygen atoms in total. The number of anilines is 1. The number of benzene rings is 1. The Hall–Kier alpha value is -1.55. The molecule has 0 aliphatic heterocycles. The number of nitrogens with zero attached hydrogens (tertiary/aromatic N) is 1. The SMILES string of the molecule is COc1cccc(NCc2scnc2C)c1. The number of methoxy groups -OCH3 is 1. The van der Waals surface area contributed by atoms with Gasteiger partial charge in [0.15, 0.2) is 0 Å². The van der Waals surface area contributed by atoms with Gasteiger partial charge >= 0.3 is 0 Å². The molecule has 2 rings (SSSR count). The minimum Gasteiger partial charge on any atom is -0.497 e. The number of rotatable bonds is 4. The number of aromatic nitrogens is 1. The summed E-state index contributed by atoms with van der Waals surface area (Å²) in [5.74, 6) is 0.867. The lowest BCUT2D eigenvalue weighted by molar-refractivity contribution is 0.415. The third-order valence-corrected chi connectivity index (χ3v) is 3.30. The highest BCUT2D eigenvalue weighted by atomic mass is 32.1. The van der Waals surface area contributed by atoms with Crippen LogP contribution in [0, 0.1) is 6.92 Å². The highest BCUT2D eigenvalue weighted by molar-refractivity contribution is 7.09. The molecule has 2 aromatic rings. The van der Waals surface area contributed by atoms with Crippen molar-refractivity contribution in [3.05, 3.63) is 40.3 Å². The molecule has 1 aromatic carbocycles. The second-order valence-corrected chi connectivity index (χ2v) is 4.39. The fraction of sp³-hybridized carbons (Fsp3) is 0.250. The van der Waals surface area contributed by atoms with Crippen LogP contribution in [0.15, 0.2) is 29.8 Å². The van der Waals surface area contributed by atoms with Gasteiger partial charge in [0.1, 0.15) is 5.75 Å². The molecule has 0 atom stereocenters. The average molecular weight is 234 g/mol. The number of thiazole rings is 1. The molecule has 0 aliphatic carbocycles. The summed E-state index contributed by atoms with van der Waals surface area (Å²) in [5, 5.41) is 3.35. The monoisotopic (exact) mass is 234 g/mol. The van der Waals surface area contributed by atoms with Gasteiger partial charge in [-0.05, 0) is 19.1 Å². The van der Waals surface area contributed by atoms with Gasteiger partial charge in [-0.15, -0.1) is 11.3 Å². The fourth-order valence-electron chi connectivity index (χ4n) is 1.41. The molecule has 0 bridgehead atoms. The summed E-state index contributed by atoms with van der Waals surface area (Å²) in [7, 11) is 1.67. The van der Waals surface area contributed by atoms with Crippen LogP contribution >= 0.6 is 11.3 Å². The second kappa shape index (κ2) is 4.99. The van der Waals surface area contributed by atoms with E-state index in [0.717, 1.165) is 23.7 Å². The normalized spacial score (nSPS) is 10.1. The number of nitrogens with one attached hydrogen (secondary N) is 1. The molecule has 16 heavy (non-hydrogen) atoms. The molecule has 1 N–H and O–H groups in total. The molecule has 0 aliphatic rings. The molecule has 4 heteroatoms. The maximum Gasteiger partial charge on any atom is 0.120 e. The average Bonchev–Trinajstić information content (AvgIpc) is 2.72. The van der Waals surface area contributed by atoms with Crippen molar-refractivity contribution >= 4 is 17.0 Å². The molecule has 0 fully saturated rings. The summed E-state index contributed by atoms with van der Waals surface area (Å²) in [6, 6.07) is 7.92. The summed E-state index contributed by atoms with van der Waals surface area (Å²) in [5.41, 5.74) is 4.03. The number of hydrogen-bond acceptors (Lipinski definition) is 4. The molecule has 0 radical (unpaired) electrons. The molecule has 0 saturated carbocycles. The minimum atomic E-state index is 0.809.